The van der Waals surface area contributed by atoms with Gasteiger partial charge in [0.2, 0.25) is 0 Å². The highest BCUT2D eigenvalue weighted by Crippen LogP contribution is 2.26. The molecule has 0 bridgehead atoms. The number of hydrogen-bond donors (Lipinski definition) is 0. The van der Waals surface area contributed by atoms with Crippen LogP contribution >= 0.6 is 0 Å². The summed E-state index contributed by atoms with van der Waals surface area (Å²) in [6, 6.07) is 5.91. The van der Waals surface area contributed by atoms with E-state index in [9.17, 15) is 8.42 Å². The van der Waals surface area contributed by atoms with E-state index in [4.69, 9.17) is 14.4 Å². The fourth-order valence-electron chi connectivity index (χ4n) is 1.74. The molecule has 2 rings (SSSR count). The molecular formula is C14H20O4S. The maximum absolute atomic E-state index is 12.4. The first-order chi connectivity index (χ1) is 10.5. The van der Waals surface area contributed by atoms with Crippen LogP contribution in [0.4, 0.5) is 0 Å². The van der Waals surface area contributed by atoms with Crippen LogP contribution in [-0.4, -0.2) is 27.7 Å². The van der Waals surface area contributed by atoms with Crippen LogP contribution in [0.2, 0.25) is 0 Å². The van der Waals surface area contributed by atoms with Gasteiger partial charge >= 0.3 is 0 Å². The van der Waals surface area contributed by atoms with E-state index in [2.05, 4.69) is 0 Å². The van der Waals surface area contributed by atoms with Crippen LogP contribution in [0, 0.1) is 6.92 Å². The van der Waals surface area contributed by atoms with E-state index in [1.165, 1.54) is 19.2 Å². The Morgan fingerprint density at radius 1 is 1.16 bits per heavy atom. The standard InChI is InChI=1S/C14H20O4S/c1-11-3-9-14(10-4-11)19(15,16)18-13-7-5-12(17-2)6-8-13/h3-4,9-10,12-13H,5-8H2,1-2H3/i7D2,8D2. The smallest absolute Gasteiger partial charge is 0.297 e. The van der Waals surface area contributed by atoms with Gasteiger partial charge in [-0.05, 0) is 44.6 Å². The second kappa shape index (κ2) is 6.03. The largest absolute Gasteiger partial charge is 0.381 e. The van der Waals surface area contributed by atoms with E-state index in [1.54, 1.807) is 19.1 Å². The van der Waals surface area contributed by atoms with Gasteiger partial charge in [-0.15, -0.1) is 0 Å². The molecule has 1 aromatic rings. The normalized spacial score (nSPS) is 32.7. The summed E-state index contributed by atoms with van der Waals surface area (Å²) in [6.45, 7) is 1.81. The zero-order chi connectivity index (χ0) is 17.5. The van der Waals surface area contributed by atoms with Gasteiger partial charge in [-0.1, -0.05) is 17.7 Å². The number of methoxy groups -OCH3 is 1. The molecular weight excluding hydrogens is 264 g/mol. The average Bonchev–Trinajstić information content (AvgIpc) is 2.42. The molecule has 0 unspecified atom stereocenters. The molecule has 0 aliphatic heterocycles. The van der Waals surface area contributed by atoms with E-state index in [0.717, 1.165) is 5.56 Å². The maximum atomic E-state index is 12.4. The van der Waals surface area contributed by atoms with Gasteiger partial charge in [0, 0.05) is 12.6 Å². The minimum atomic E-state index is -4.26. The molecule has 1 aromatic carbocycles. The van der Waals surface area contributed by atoms with Gasteiger partial charge in [-0.25, -0.2) is 0 Å². The first kappa shape index (κ1) is 9.91. The number of hydrogen-bond acceptors (Lipinski definition) is 4. The van der Waals surface area contributed by atoms with Crippen LogP contribution in [0.3, 0.4) is 0 Å². The second-order valence-electron chi connectivity index (χ2n) is 4.42. The molecule has 1 aliphatic carbocycles. The minimum absolute atomic E-state index is 0.122. The average molecular weight is 288 g/mol. The molecule has 0 aromatic heterocycles. The number of aryl methyl sites for hydroxylation is 1. The molecule has 0 N–H and O–H groups in total. The molecule has 0 heterocycles. The van der Waals surface area contributed by atoms with Crippen LogP contribution in [0.1, 0.15) is 36.6 Å². The van der Waals surface area contributed by atoms with Gasteiger partial charge in [0.1, 0.15) is 0 Å². The Morgan fingerprint density at radius 3 is 2.26 bits per heavy atom. The van der Waals surface area contributed by atoms with Crippen molar-refractivity contribution in [2.45, 2.75) is 49.6 Å². The molecule has 0 amide bonds. The Kier molecular flexibility index (Phi) is 3.14. The molecule has 0 atom stereocenters. The van der Waals surface area contributed by atoms with Crippen molar-refractivity contribution < 1.29 is 22.8 Å². The van der Waals surface area contributed by atoms with E-state index in [1.807, 2.05) is 0 Å². The Morgan fingerprint density at radius 2 is 1.74 bits per heavy atom. The molecule has 19 heavy (non-hydrogen) atoms. The number of ether oxygens (including phenoxy) is 1. The summed E-state index contributed by atoms with van der Waals surface area (Å²) >= 11 is 0. The van der Waals surface area contributed by atoms with Crippen LogP contribution < -0.4 is 0 Å². The van der Waals surface area contributed by atoms with Crippen molar-refractivity contribution in [3.05, 3.63) is 29.8 Å². The van der Waals surface area contributed by atoms with Gasteiger partial charge in [-0.2, -0.15) is 8.42 Å². The predicted molar refractivity (Wildman–Crippen MR) is 72.5 cm³/mol. The van der Waals surface area contributed by atoms with E-state index >= 15 is 0 Å². The lowest BCUT2D eigenvalue weighted by atomic mass is 9.95. The lowest BCUT2D eigenvalue weighted by Gasteiger charge is -2.27. The molecule has 0 spiro atoms. The van der Waals surface area contributed by atoms with Gasteiger partial charge in [0.15, 0.2) is 0 Å². The second-order valence-corrected chi connectivity index (χ2v) is 5.99. The monoisotopic (exact) mass is 288 g/mol. The van der Waals surface area contributed by atoms with Crippen molar-refractivity contribution in [2.24, 2.45) is 0 Å². The third-order valence-electron chi connectivity index (χ3n) is 2.93. The summed E-state index contributed by atoms with van der Waals surface area (Å²) in [5, 5.41) is 0. The molecule has 5 heteroatoms. The van der Waals surface area contributed by atoms with E-state index in [0.29, 0.717) is 0 Å². The van der Waals surface area contributed by atoms with Crippen molar-refractivity contribution in [1.29, 1.82) is 0 Å². The zero-order valence-corrected chi connectivity index (χ0v) is 11.7. The van der Waals surface area contributed by atoms with Gasteiger partial charge < -0.3 is 4.74 Å². The molecule has 1 saturated carbocycles. The minimum Gasteiger partial charge on any atom is -0.381 e. The van der Waals surface area contributed by atoms with Gasteiger partial charge in [-0.3, -0.25) is 4.18 Å². The summed E-state index contributed by atoms with van der Waals surface area (Å²) in [7, 11) is -2.89. The van der Waals surface area contributed by atoms with Crippen LogP contribution in [-0.2, 0) is 19.0 Å². The Balaban J connectivity index is 2.31. The lowest BCUT2D eigenvalue weighted by molar-refractivity contribution is 0.0346. The SMILES string of the molecule is [2H]C1([2H])CC(OC)CC([2H])([2H])C1OS(=O)(=O)c1ccc(C)cc1. The summed E-state index contributed by atoms with van der Waals surface area (Å²) in [5.74, 6) is 0. The number of rotatable bonds is 4. The third kappa shape index (κ3) is 3.78. The molecule has 0 saturated heterocycles. The Bertz CT molecular complexity index is 640. The Labute approximate surface area is 120 Å². The lowest BCUT2D eigenvalue weighted by Crippen LogP contribution is -2.27. The first-order valence-corrected chi connectivity index (χ1v) is 7.41. The van der Waals surface area contributed by atoms with Gasteiger partial charge in [0.05, 0.1) is 17.1 Å². The van der Waals surface area contributed by atoms with Crippen molar-refractivity contribution in [1.82, 2.24) is 0 Å². The predicted octanol–water partition coefficient (Wildman–Crippen LogP) is 2.66. The summed E-state index contributed by atoms with van der Waals surface area (Å²) in [4.78, 5) is -0.122. The fraction of sp³-hybridized carbons (Fsp3) is 0.571. The van der Waals surface area contributed by atoms with Crippen molar-refractivity contribution in [2.75, 3.05) is 7.11 Å². The molecule has 106 valence electrons. The van der Waals surface area contributed by atoms with E-state index < -0.39 is 35.1 Å². The zero-order valence-electron chi connectivity index (χ0n) is 14.9. The van der Waals surface area contributed by atoms with Crippen molar-refractivity contribution in [3.63, 3.8) is 0 Å². The quantitative estimate of drug-likeness (QED) is 0.799. The number of benzene rings is 1. The van der Waals surface area contributed by atoms with Crippen LogP contribution in [0.5, 0.6) is 0 Å². The summed E-state index contributed by atoms with van der Waals surface area (Å²) in [6.07, 6.45) is -6.94. The van der Waals surface area contributed by atoms with Crippen LogP contribution in [0.15, 0.2) is 29.2 Å². The Hall–Kier alpha value is -0.910. The molecule has 1 fully saturated rings. The molecule has 4 nitrogen and oxygen atoms in total. The van der Waals surface area contributed by atoms with Gasteiger partial charge in [0.25, 0.3) is 10.1 Å². The highest BCUT2D eigenvalue weighted by molar-refractivity contribution is 7.86. The maximum Gasteiger partial charge on any atom is 0.297 e. The van der Waals surface area contributed by atoms with Crippen molar-refractivity contribution in [3.8, 4) is 0 Å². The van der Waals surface area contributed by atoms with Crippen LogP contribution in [0.25, 0.3) is 0 Å². The topological polar surface area (TPSA) is 52.6 Å². The highest BCUT2D eigenvalue weighted by Gasteiger charge is 2.26. The fourth-order valence-corrected chi connectivity index (χ4v) is 2.71. The molecule has 0 radical (unpaired) electrons. The molecule has 1 aliphatic rings. The third-order valence-corrected chi connectivity index (χ3v) is 4.22. The summed E-state index contributed by atoms with van der Waals surface area (Å²) < 4.78 is 66.8. The highest BCUT2D eigenvalue weighted by atomic mass is 32.2. The van der Waals surface area contributed by atoms with E-state index in [-0.39, 0.29) is 17.7 Å². The first-order valence-electron chi connectivity index (χ1n) is 8.01. The van der Waals surface area contributed by atoms with Crippen molar-refractivity contribution >= 4 is 10.1 Å². The summed E-state index contributed by atoms with van der Waals surface area (Å²) in [5.41, 5.74) is 0.871.